The second kappa shape index (κ2) is 7.12. The molecule has 0 spiro atoms. The van der Waals surface area contributed by atoms with E-state index in [2.05, 4.69) is 25.7 Å². The first-order chi connectivity index (χ1) is 12.6. The van der Waals surface area contributed by atoms with Crippen LogP contribution < -0.4 is 5.32 Å². The second-order valence-corrected chi connectivity index (χ2v) is 7.88. The molecular weight excluding hydrogens is 375 g/mol. The molecule has 7 nitrogen and oxygen atoms in total. The number of rotatable bonds is 6. The molecule has 4 rings (SSSR count). The Kier molecular flexibility index (Phi) is 4.68. The van der Waals surface area contributed by atoms with E-state index in [0.717, 1.165) is 23.4 Å². The Bertz CT molecular complexity index is 935. The van der Waals surface area contributed by atoms with Gasteiger partial charge in [0.2, 0.25) is 11.0 Å². The van der Waals surface area contributed by atoms with Gasteiger partial charge in [0.25, 0.3) is 0 Å². The van der Waals surface area contributed by atoms with Crippen LogP contribution in [0, 0.1) is 5.82 Å². The fourth-order valence-corrected chi connectivity index (χ4v) is 4.00. The molecule has 2 aromatic heterocycles. The number of amides is 1. The first kappa shape index (κ1) is 17.1. The summed E-state index contributed by atoms with van der Waals surface area (Å²) in [4.78, 5) is 12.1. The van der Waals surface area contributed by atoms with Gasteiger partial charge < -0.3 is 4.57 Å². The number of halogens is 1. The minimum absolute atomic E-state index is 0.167. The summed E-state index contributed by atoms with van der Waals surface area (Å²) in [6.07, 6.45) is 2.31. The summed E-state index contributed by atoms with van der Waals surface area (Å²) >= 11 is 2.71. The van der Waals surface area contributed by atoms with Gasteiger partial charge in [0.05, 0.1) is 5.75 Å². The Morgan fingerprint density at radius 3 is 2.77 bits per heavy atom. The molecule has 1 fully saturated rings. The smallest absolute Gasteiger partial charge is 0.236 e. The van der Waals surface area contributed by atoms with Crippen molar-refractivity contribution in [3.8, 4) is 11.4 Å². The number of carbonyl (C=O) groups is 1. The molecule has 0 aliphatic heterocycles. The number of nitrogens with zero attached hydrogens (tertiary/aromatic N) is 5. The van der Waals surface area contributed by atoms with Crippen LogP contribution in [-0.4, -0.2) is 36.6 Å². The number of nitrogens with one attached hydrogen (secondary N) is 1. The lowest BCUT2D eigenvalue weighted by atomic mass is 10.2. The maximum absolute atomic E-state index is 13.0. The van der Waals surface area contributed by atoms with Gasteiger partial charge in [-0.15, -0.1) is 20.4 Å². The molecular formula is C16H15FN6OS2. The number of hydrogen-bond acceptors (Lipinski definition) is 7. The monoisotopic (exact) mass is 390 g/mol. The van der Waals surface area contributed by atoms with Crippen molar-refractivity contribution in [2.75, 3.05) is 11.1 Å². The first-order valence-corrected chi connectivity index (χ1v) is 9.82. The van der Waals surface area contributed by atoms with Crippen molar-refractivity contribution >= 4 is 34.1 Å². The third-order valence-electron chi connectivity index (χ3n) is 3.88. The molecule has 134 valence electrons. The van der Waals surface area contributed by atoms with Crippen LogP contribution in [0.1, 0.15) is 23.8 Å². The maximum atomic E-state index is 13.0. The number of benzene rings is 1. The topological polar surface area (TPSA) is 85.6 Å². The highest BCUT2D eigenvalue weighted by Gasteiger charge is 2.27. The van der Waals surface area contributed by atoms with Crippen LogP contribution in [0.4, 0.5) is 9.52 Å². The Balaban J connectivity index is 1.36. The highest BCUT2D eigenvalue weighted by atomic mass is 32.2. The molecule has 26 heavy (non-hydrogen) atoms. The average Bonchev–Trinajstić information content (AvgIpc) is 3.27. The van der Waals surface area contributed by atoms with Crippen LogP contribution in [0.15, 0.2) is 29.4 Å². The lowest BCUT2D eigenvalue weighted by Crippen LogP contribution is -2.14. The van der Waals surface area contributed by atoms with E-state index >= 15 is 0 Å². The van der Waals surface area contributed by atoms with E-state index < -0.39 is 0 Å². The summed E-state index contributed by atoms with van der Waals surface area (Å²) in [5.74, 6) is 0.860. The zero-order chi connectivity index (χ0) is 18.1. The highest BCUT2D eigenvalue weighted by Crippen LogP contribution is 2.42. The lowest BCUT2D eigenvalue weighted by Gasteiger charge is -2.04. The number of aromatic nitrogens is 5. The Labute approximate surface area is 157 Å². The number of hydrogen-bond donors (Lipinski definition) is 1. The van der Waals surface area contributed by atoms with Crippen molar-refractivity contribution in [3.63, 3.8) is 0 Å². The van der Waals surface area contributed by atoms with E-state index in [0.29, 0.717) is 22.0 Å². The average molecular weight is 390 g/mol. The molecule has 0 unspecified atom stereocenters. The summed E-state index contributed by atoms with van der Waals surface area (Å²) in [6, 6.07) is 6.05. The molecule has 0 radical (unpaired) electrons. The molecule has 1 aliphatic carbocycles. The molecule has 2 heterocycles. The fourth-order valence-electron chi connectivity index (χ4n) is 2.36. The highest BCUT2D eigenvalue weighted by molar-refractivity contribution is 7.99. The second-order valence-electron chi connectivity index (χ2n) is 5.93. The van der Waals surface area contributed by atoms with Crippen LogP contribution in [0.25, 0.3) is 11.4 Å². The normalized spacial score (nSPS) is 13.8. The van der Waals surface area contributed by atoms with Gasteiger partial charge in [-0.25, -0.2) is 4.39 Å². The first-order valence-electron chi connectivity index (χ1n) is 8.01. The van der Waals surface area contributed by atoms with Gasteiger partial charge in [0, 0.05) is 18.5 Å². The van der Waals surface area contributed by atoms with Gasteiger partial charge >= 0.3 is 0 Å². The summed E-state index contributed by atoms with van der Waals surface area (Å²) in [5, 5.41) is 21.2. The third kappa shape index (κ3) is 3.75. The van der Waals surface area contributed by atoms with E-state index in [1.165, 1.54) is 35.2 Å². The zero-order valence-electron chi connectivity index (χ0n) is 13.8. The van der Waals surface area contributed by atoms with Gasteiger partial charge in [-0.1, -0.05) is 23.1 Å². The molecule has 1 aromatic carbocycles. The van der Waals surface area contributed by atoms with Crippen LogP contribution in [-0.2, 0) is 11.8 Å². The van der Waals surface area contributed by atoms with Gasteiger partial charge in [-0.2, -0.15) is 0 Å². The SMILES string of the molecule is Cn1c(SCC(=O)Nc2nnc(C3CC3)s2)nnc1-c1ccc(F)cc1. The Hall–Kier alpha value is -2.33. The quantitative estimate of drug-likeness (QED) is 0.651. The van der Waals surface area contributed by atoms with E-state index in [1.54, 1.807) is 16.7 Å². The van der Waals surface area contributed by atoms with Crippen molar-refractivity contribution in [3.05, 3.63) is 35.1 Å². The van der Waals surface area contributed by atoms with E-state index in [1.807, 2.05) is 7.05 Å². The Morgan fingerprint density at radius 2 is 2.04 bits per heavy atom. The number of thioether (sulfide) groups is 1. The molecule has 0 atom stereocenters. The van der Waals surface area contributed by atoms with Gasteiger partial charge in [-0.3, -0.25) is 10.1 Å². The van der Waals surface area contributed by atoms with Crippen molar-refractivity contribution in [1.82, 2.24) is 25.0 Å². The van der Waals surface area contributed by atoms with Crippen LogP contribution in [0.3, 0.4) is 0 Å². The van der Waals surface area contributed by atoms with Crippen molar-refractivity contribution < 1.29 is 9.18 Å². The van der Waals surface area contributed by atoms with Crippen LogP contribution in [0.2, 0.25) is 0 Å². The van der Waals surface area contributed by atoms with Gasteiger partial charge in [-0.05, 0) is 37.1 Å². The van der Waals surface area contributed by atoms with Gasteiger partial charge in [0.1, 0.15) is 10.8 Å². The molecule has 3 aromatic rings. The fraction of sp³-hybridized carbons (Fsp3) is 0.312. The minimum atomic E-state index is -0.302. The summed E-state index contributed by atoms with van der Waals surface area (Å²) in [6.45, 7) is 0. The van der Waals surface area contributed by atoms with Gasteiger partial charge in [0.15, 0.2) is 11.0 Å². The maximum Gasteiger partial charge on any atom is 0.236 e. The van der Waals surface area contributed by atoms with E-state index in [9.17, 15) is 9.18 Å². The molecule has 1 N–H and O–H groups in total. The van der Waals surface area contributed by atoms with Crippen LogP contribution in [0.5, 0.6) is 0 Å². The number of carbonyl (C=O) groups excluding carboxylic acids is 1. The van der Waals surface area contributed by atoms with Crippen molar-refractivity contribution in [2.45, 2.75) is 23.9 Å². The van der Waals surface area contributed by atoms with Crippen LogP contribution >= 0.6 is 23.1 Å². The molecule has 0 bridgehead atoms. The summed E-state index contributed by atoms with van der Waals surface area (Å²) < 4.78 is 14.8. The lowest BCUT2D eigenvalue weighted by molar-refractivity contribution is -0.113. The van der Waals surface area contributed by atoms with Crippen molar-refractivity contribution in [1.29, 1.82) is 0 Å². The molecule has 1 aliphatic rings. The van der Waals surface area contributed by atoms with Crippen molar-refractivity contribution in [2.24, 2.45) is 7.05 Å². The summed E-state index contributed by atoms with van der Waals surface area (Å²) in [7, 11) is 1.81. The standard InChI is InChI=1S/C16H15FN6OS2/c1-23-13(9-4-6-11(17)7-5-9)19-22-16(23)25-8-12(24)18-15-21-20-14(26-15)10-2-3-10/h4-7,10H,2-3,8H2,1H3,(H,18,21,24). The molecule has 10 heteroatoms. The minimum Gasteiger partial charge on any atom is -0.305 e. The largest absolute Gasteiger partial charge is 0.305 e. The predicted molar refractivity (Wildman–Crippen MR) is 97.6 cm³/mol. The van der Waals surface area contributed by atoms with E-state index in [4.69, 9.17) is 0 Å². The van der Waals surface area contributed by atoms with E-state index in [-0.39, 0.29) is 17.5 Å². The molecule has 0 saturated heterocycles. The number of anilines is 1. The third-order valence-corrected chi connectivity index (χ3v) is 5.90. The molecule has 1 saturated carbocycles. The molecule has 1 amide bonds. The summed E-state index contributed by atoms with van der Waals surface area (Å²) in [5.41, 5.74) is 0.763. The zero-order valence-corrected chi connectivity index (χ0v) is 15.5. The predicted octanol–water partition coefficient (Wildman–Crippen LogP) is 3.08. The Morgan fingerprint density at radius 1 is 1.27 bits per heavy atom.